The lowest BCUT2D eigenvalue weighted by Gasteiger charge is -2.24. The molecule has 2 aromatic carbocycles. The van der Waals surface area contributed by atoms with Crippen molar-refractivity contribution in [2.75, 3.05) is 42.4 Å². The third-order valence-electron chi connectivity index (χ3n) is 6.98. The number of carboxylic acids is 1. The molecule has 0 saturated heterocycles. The largest absolute Gasteiger partial charge is 0.489 e. The summed E-state index contributed by atoms with van der Waals surface area (Å²) < 4.78 is 26.8. The number of nitrogens with zero attached hydrogens (tertiary/aromatic N) is 2. The second kappa shape index (κ2) is 16.3. The maximum absolute atomic E-state index is 12.8. The molecule has 53 heavy (non-hydrogen) atoms. The number of alkyl carbamates (subject to hydrolysis) is 2. The van der Waals surface area contributed by atoms with E-state index in [1.165, 1.54) is 35.0 Å². The Morgan fingerprint density at radius 3 is 1.47 bits per heavy atom. The maximum Gasteiger partial charge on any atom is 0.412 e. The highest BCUT2D eigenvalue weighted by Gasteiger charge is 2.34. The quantitative estimate of drug-likeness (QED) is 0.308. The van der Waals surface area contributed by atoms with Gasteiger partial charge in [0.05, 0.1) is 16.9 Å². The normalized spacial score (nSPS) is 17.1. The SMILES string of the molecule is CN1C(=O)[C@@H](NC(=O)OC(C)(C)C)COc2ccc(C(=O)O)cc21.CN1C(=O)[C@@H](NC(=O)OC(C)(C)C)COc2ccc(NC(=O)OC(C)(C)C)cc21. The minimum Gasteiger partial charge on any atom is -0.489 e. The Kier molecular flexibility index (Phi) is 12.8. The Labute approximate surface area is 308 Å². The van der Waals surface area contributed by atoms with Crippen molar-refractivity contribution >= 4 is 53.1 Å². The van der Waals surface area contributed by atoms with Gasteiger partial charge < -0.3 is 49.2 Å². The van der Waals surface area contributed by atoms with Crippen LogP contribution in [-0.2, 0) is 23.8 Å². The van der Waals surface area contributed by atoms with Crippen LogP contribution in [0.4, 0.5) is 31.4 Å². The summed E-state index contributed by atoms with van der Waals surface area (Å²) >= 11 is 0. The van der Waals surface area contributed by atoms with Crippen molar-refractivity contribution in [3.63, 3.8) is 0 Å². The van der Waals surface area contributed by atoms with Gasteiger partial charge in [-0.25, -0.2) is 19.2 Å². The van der Waals surface area contributed by atoms with Crippen LogP contribution < -0.4 is 35.2 Å². The molecule has 0 fully saturated rings. The Balaban J connectivity index is 0.000000290. The van der Waals surface area contributed by atoms with E-state index in [-0.39, 0.29) is 24.7 Å². The van der Waals surface area contributed by atoms with E-state index in [0.29, 0.717) is 28.6 Å². The predicted octanol–water partition coefficient (Wildman–Crippen LogP) is 4.92. The molecule has 2 aliphatic heterocycles. The molecular weight excluding hydrogens is 694 g/mol. The molecule has 0 bridgehead atoms. The van der Waals surface area contributed by atoms with E-state index in [0.717, 1.165) is 0 Å². The number of rotatable bonds is 4. The lowest BCUT2D eigenvalue weighted by Crippen LogP contribution is -2.50. The number of benzene rings is 2. The number of fused-ring (bicyclic) bond motifs is 2. The molecule has 5 amide bonds. The standard InChI is InChI=1S/C20H29N3O6.C16H20N2O6/c1-19(2,3)28-17(25)21-12-8-9-15-14(10-12)23(7)16(24)13(11-27-15)22-18(26)29-20(4,5)6;1-16(2,3)24-15(22)17-10-8-23-12-6-5-9(14(20)21)7-11(12)18(4)13(10)19/h8-10,13H,11H2,1-7H3,(H,21,25)(H,22,26);5-7,10H,8H2,1-4H3,(H,17,22)(H,20,21)/t13-;10-/m00/s1. The number of hydrogen-bond donors (Lipinski definition) is 4. The Bertz CT molecular complexity index is 1720. The highest BCUT2D eigenvalue weighted by molar-refractivity contribution is 6.02. The van der Waals surface area contributed by atoms with Gasteiger partial charge in [-0.2, -0.15) is 0 Å². The van der Waals surface area contributed by atoms with Crippen molar-refractivity contribution in [3.8, 4) is 11.5 Å². The van der Waals surface area contributed by atoms with E-state index in [1.807, 2.05) is 0 Å². The fourth-order valence-electron chi connectivity index (χ4n) is 4.74. The Morgan fingerprint density at radius 1 is 0.660 bits per heavy atom. The van der Waals surface area contributed by atoms with Crippen molar-refractivity contribution in [1.82, 2.24) is 10.6 Å². The predicted molar refractivity (Wildman–Crippen MR) is 194 cm³/mol. The molecule has 0 unspecified atom stereocenters. The van der Waals surface area contributed by atoms with Gasteiger partial charge >= 0.3 is 24.2 Å². The number of ether oxygens (including phenoxy) is 5. The zero-order chi connectivity index (χ0) is 40.1. The molecule has 0 radical (unpaired) electrons. The van der Waals surface area contributed by atoms with Gasteiger partial charge in [-0.1, -0.05) is 0 Å². The number of likely N-dealkylation sites (N-methyl/N-ethyl adjacent to an activating group) is 2. The van der Waals surface area contributed by atoms with Crippen LogP contribution in [0.1, 0.15) is 72.7 Å². The average molecular weight is 744 g/mol. The zero-order valence-electron chi connectivity index (χ0n) is 31.9. The highest BCUT2D eigenvalue weighted by Crippen LogP contribution is 2.34. The lowest BCUT2D eigenvalue weighted by molar-refractivity contribution is -0.121. The van der Waals surface area contributed by atoms with Crippen molar-refractivity contribution in [3.05, 3.63) is 42.0 Å². The molecule has 0 spiro atoms. The summed E-state index contributed by atoms with van der Waals surface area (Å²) in [5, 5.41) is 16.7. The van der Waals surface area contributed by atoms with E-state index in [4.69, 9.17) is 28.8 Å². The Morgan fingerprint density at radius 2 is 1.06 bits per heavy atom. The van der Waals surface area contributed by atoms with Crippen molar-refractivity contribution in [2.24, 2.45) is 0 Å². The van der Waals surface area contributed by atoms with Crippen LogP contribution in [0.3, 0.4) is 0 Å². The van der Waals surface area contributed by atoms with Crippen LogP contribution in [0.25, 0.3) is 0 Å². The zero-order valence-corrected chi connectivity index (χ0v) is 31.9. The van der Waals surface area contributed by atoms with Gasteiger partial charge in [0.15, 0.2) is 0 Å². The van der Waals surface area contributed by atoms with E-state index in [1.54, 1.807) is 87.6 Å². The molecule has 2 aliphatic rings. The molecule has 2 heterocycles. The summed E-state index contributed by atoms with van der Waals surface area (Å²) in [5.74, 6) is -1.09. The first-order valence-electron chi connectivity index (χ1n) is 16.6. The third-order valence-corrected chi connectivity index (χ3v) is 6.98. The smallest absolute Gasteiger partial charge is 0.412 e. The van der Waals surface area contributed by atoms with E-state index < -0.39 is 59.0 Å². The monoisotopic (exact) mass is 743 g/mol. The number of amides is 5. The van der Waals surface area contributed by atoms with E-state index >= 15 is 0 Å². The molecule has 4 rings (SSSR count). The first-order valence-corrected chi connectivity index (χ1v) is 16.6. The average Bonchev–Trinajstić information content (AvgIpc) is 3.19. The molecule has 0 aromatic heterocycles. The first-order chi connectivity index (χ1) is 24.3. The summed E-state index contributed by atoms with van der Waals surface area (Å²) in [6.45, 7) is 15.5. The number of aromatic carboxylic acids is 1. The fraction of sp³-hybridized carbons (Fsp3) is 0.500. The summed E-state index contributed by atoms with van der Waals surface area (Å²) in [7, 11) is 3.06. The minimum atomic E-state index is -1.11. The fourth-order valence-corrected chi connectivity index (χ4v) is 4.74. The van der Waals surface area contributed by atoms with Crippen LogP contribution in [0.15, 0.2) is 36.4 Å². The molecule has 0 aliphatic carbocycles. The van der Waals surface area contributed by atoms with Gasteiger partial charge in [-0.05, 0) is 98.7 Å². The minimum absolute atomic E-state index is 0.0375. The summed E-state index contributed by atoms with van der Waals surface area (Å²) in [4.78, 5) is 74.9. The van der Waals surface area contributed by atoms with Crippen LogP contribution in [0.5, 0.6) is 11.5 Å². The van der Waals surface area contributed by atoms with Crippen molar-refractivity contribution in [1.29, 1.82) is 0 Å². The molecule has 2 aromatic rings. The highest BCUT2D eigenvalue weighted by atomic mass is 16.6. The van der Waals surface area contributed by atoms with Crippen LogP contribution in [0, 0.1) is 0 Å². The molecule has 290 valence electrons. The number of nitrogens with one attached hydrogen (secondary N) is 3. The van der Waals surface area contributed by atoms with Gasteiger partial charge in [0, 0.05) is 19.8 Å². The first kappa shape index (κ1) is 41.7. The number of carbonyl (C=O) groups excluding carboxylic acids is 5. The number of anilines is 3. The molecule has 17 heteroatoms. The van der Waals surface area contributed by atoms with Gasteiger partial charge in [-0.15, -0.1) is 0 Å². The topological polar surface area (TPSA) is 211 Å². The van der Waals surface area contributed by atoms with E-state index in [9.17, 15) is 28.8 Å². The number of carbonyl (C=O) groups is 6. The molecule has 0 saturated carbocycles. The second-order valence-corrected chi connectivity index (χ2v) is 15.1. The van der Waals surface area contributed by atoms with Gasteiger partial charge in [0.25, 0.3) is 11.8 Å². The number of carboxylic acid groups (broad SMARTS) is 1. The lowest BCUT2D eigenvalue weighted by atomic mass is 10.1. The molecule has 17 nitrogen and oxygen atoms in total. The van der Waals surface area contributed by atoms with Gasteiger partial charge in [0.1, 0.15) is 53.6 Å². The van der Waals surface area contributed by atoms with Crippen LogP contribution in [0.2, 0.25) is 0 Å². The second-order valence-electron chi connectivity index (χ2n) is 15.1. The van der Waals surface area contributed by atoms with Crippen molar-refractivity contribution in [2.45, 2.75) is 91.2 Å². The molecule has 2 atom stereocenters. The van der Waals surface area contributed by atoms with Crippen LogP contribution >= 0.6 is 0 Å². The third kappa shape index (κ3) is 12.5. The molecule has 4 N–H and O–H groups in total. The maximum atomic E-state index is 12.8. The van der Waals surface area contributed by atoms with E-state index in [2.05, 4.69) is 16.0 Å². The summed E-state index contributed by atoms with van der Waals surface area (Å²) in [5.41, 5.74) is -0.743. The molecular formula is C36H49N5O12. The van der Waals surface area contributed by atoms with Gasteiger partial charge in [0.2, 0.25) is 0 Å². The number of hydrogen-bond acceptors (Lipinski definition) is 11. The Hall–Kier alpha value is -5.74. The van der Waals surface area contributed by atoms with Crippen LogP contribution in [-0.4, -0.2) is 97.4 Å². The van der Waals surface area contributed by atoms with Crippen molar-refractivity contribution < 1.29 is 57.6 Å². The van der Waals surface area contributed by atoms with Gasteiger partial charge in [-0.3, -0.25) is 14.9 Å². The summed E-state index contributed by atoms with van der Waals surface area (Å²) in [6, 6.07) is 7.26. The summed E-state index contributed by atoms with van der Waals surface area (Å²) in [6.07, 6.45) is -2.04.